The number of hydrogen-bond donors (Lipinski definition) is 3. The molecule has 0 aliphatic carbocycles. The lowest BCUT2D eigenvalue weighted by molar-refractivity contribution is -0.144. The van der Waals surface area contributed by atoms with Crippen molar-refractivity contribution in [3.63, 3.8) is 0 Å². The number of ether oxygens (including phenoxy) is 1. The van der Waals surface area contributed by atoms with Crippen molar-refractivity contribution in [2.24, 2.45) is 5.92 Å². The smallest absolute Gasteiger partial charge is 0.393 e. The Bertz CT molecular complexity index is 885. The standard InChI is InChI=1S/C23H25F6NO3/c24-22(25,26)18-10-17(21(13-31,14-32)33-12-15-6-8-30-9-7-15)11-19(23(27,28)29)20(18)16-4-2-1-3-5-16/h1-5,10-11,15,30-32H,6-9,12-14H2. The monoisotopic (exact) mass is 477 g/mol. The van der Waals surface area contributed by atoms with Gasteiger partial charge in [0.2, 0.25) is 0 Å². The van der Waals surface area contributed by atoms with Crippen molar-refractivity contribution in [2.75, 3.05) is 32.9 Å². The average Bonchev–Trinajstić information content (AvgIpc) is 2.79. The Labute approximate surface area is 187 Å². The van der Waals surface area contributed by atoms with E-state index in [1.54, 1.807) is 0 Å². The van der Waals surface area contributed by atoms with Crippen molar-refractivity contribution >= 4 is 0 Å². The summed E-state index contributed by atoms with van der Waals surface area (Å²) in [5.74, 6) is -0.00325. The van der Waals surface area contributed by atoms with E-state index >= 15 is 0 Å². The van der Waals surface area contributed by atoms with Crippen molar-refractivity contribution in [2.45, 2.75) is 30.8 Å². The molecule has 182 valence electrons. The van der Waals surface area contributed by atoms with Crippen molar-refractivity contribution in [3.8, 4) is 11.1 Å². The van der Waals surface area contributed by atoms with Crippen LogP contribution in [0.5, 0.6) is 0 Å². The van der Waals surface area contributed by atoms with Gasteiger partial charge in [-0.2, -0.15) is 26.3 Å². The minimum absolute atomic E-state index is 0.00325. The second-order valence-electron chi connectivity index (χ2n) is 8.12. The third-order valence-corrected chi connectivity index (χ3v) is 5.90. The number of alkyl halides is 6. The average molecular weight is 477 g/mol. The summed E-state index contributed by atoms with van der Waals surface area (Å²) in [6.07, 6.45) is -8.87. The van der Waals surface area contributed by atoms with Gasteiger partial charge in [0.25, 0.3) is 0 Å². The molecule has 1 aliphatic heterocycles. The summed E-state index contributed by atoms with van der Waals surface area (Å²) in [7, 11) is 0. The minimum Gasteiger partial charge on any atom is -0.393 e. The predicted octanol–water partition coefficient (Wildman–Crippen LogP) is 4.59. The summed E-state index contributed by atoms with van der Waals surface area (Å²) in [6, 6.07) is 7.57. The zero-order chi connectivity index (χ0) is 24.3. The van der Waals surface area contributed by atoms with Gasteiger partial charge in [0, 0.05) is 5.56 Å². The summed E-state index contributed by atoms with van der Waals surface area (Å²) in [5, 5.41) is 23.1. The maximum Gasteiger partial charge on any atom is 0.417 e. The second-order valence-corrected chi connectivity index (χ2v) is 8.12. The van der Waals surface area contributed by atoms with Gasteiger partial charge < -0.3 is 20.3 Å². The molecule has 4 nitrogen and oxygen atoms in total. The molecule has 0 radical (unpaired) electrons. The molecule has 0 unspecified atom stereocenters. The van der Waals surface area contributed by atoms with Crippen LogP contribution in [0.15, 0.2) is 42.5 Å². The molecule has 3 N–H and O–H groups in total. The van der Waals surface area contributed by atoms with Crippen LogP contribution in [0.1, 0.15) is 29.5 Å². The molecule has 2 aromatic carbocycles. The molecule has 1 heterocycles. The normalized spacial score (nSPS) is 16.2. The first-order valence-corrected chi connectivity index (χ1v) is 10.5. The Morgan fingerprint density at radius 1 is 0.848 bits per heavy atom. The van der Waals surface area contributed by atoms with Crippen LogP contribution in [0.2, 0.25) is 0 Å². The van der Waals surface area contributed by atoms with Crippen LogP contribution in [0.3, 0.4) is 0 Å². The minimum atomic E-state index is -5.13. The van der Waals surface area contributed by atoms with Crippen molar-refractivity contribution in [1.29, 1.82) is 0 Å². The number of hydrogen-bond acceptors (Lipinski definition) is 4. The molecule has 0 bridgehead atoms. The topological polar surface area (TPSA) is 61.7 Å². The molecule has 10 heteroatoms. The fraction of sp³-hybridized carbons (Fsp3) is 0.478. The number of benzene rings is 2. The predicted molar refractivity (Wildman–Crippen MR) is 109 cm³/mol. The molecule has 1 fully saturated rings. The molecule has 2 aromatic rings. The van der Waals surface area contributed by atoms with Crippen LogP contribution in [0.25, 0.3) is 11.1 Å². The van der Waals surface area contributed by atoms with Gasteiger partial charge in [-0.15, -0.1) is 0 Å². The van der Waals surface area contributed by atoms with E-state index in [1.165, 1.54) is 30.3 Å². The van der Waals surface area contributed by atoms with Gasteiger partial charge >= 0.3 is 12.4 Å². The van der Waals surface area contributed by atoms with Crippen molar-refractivity contribution in [1.82, 2.24) is 5.32 Å². The summed E-state index contributed by atoms with van der Waals surface area (Å²) in [5.41, 5.74) is -7.01. The number of halogens is 6. The van der Waals surface area contributed by atoms with Gasteiger partial charge in [-0.1, -0.05) is 30.3 Å². The second kappa shape index (κ2) is 10.0. The molecule has 1 aliphatic rings. The van der Waals surface area contributed by atoms with Crippen LogP contribution < -0.4 is 5.32 Å². The lowest BCUT2D eigenvalue weighted by atomic mass is 9.85. The van der Waals surface area contributed by atoms with Crippen molar-refractivity contribution < 1.29 is 41.3 Å². The molecular formula is C23H25F6NO3. The van der Waals surface area contributed by atoms with Gasteiger partial charge in [0.1, 0.15) is 5.60 Å². The number of nitrogens with one attached hydrogen (secondary N) is 1. The van der Waals surface area contributed by atoms with E-state index in [0.717, 1.165) is 0 Å². The van der Waals surface area contributed by atoms with Crippen LogP contribution >= 0.6 is 0 Å². The van der Waals surface area contributed by atoms with E-state index in [1.807, 2.05) is 0 Å². The molecule has 3 rings (SSSR count). The van der Waals surface area contributed by atoms with Gasteiger partial charge in [-0.05, 0) is 55.1 Å². The molecular weight excluding hydrogens is 452 g/mol. The zero-order valence-corrected chi connectivity index (χ0v) is 17.6. The first kappa shape index (κ1) is 25.5. The van der Waals surface area contributed by atoms with E-state index in [4.69, 9.17) is 4.74 Å². The van der Waals surface area contributed by atoms with Gasteiger partial charge in [0.15, 0.2) is 0 Å². The molecule has 0 aromatic heterocycles. The fourth-order valence-corrected chi connectivity index (χ4v) is 4.00. The fourth-order valence-electron chi connectivity index (χ4n) is 4.00. The molecule has 0 saturated carbocycles. The van der Waals surface area contributed by atoms with Crippen molar-refractivity contribution in [3.05, 3.63) is 59.2 Å². The highest BCUT2D eigenvalue weighted by atomic mass is 19.4. The lowest BCUT2D eigenvalue weighted by Crippen LogP contribution is -2.41. The van der Waals surface area contributed by atoms with E-state index in [0.29, 0.717) is 38.1 Å². The highest BCUT2D eigenvalue weighted by molar-refractivity contribution is 5.73. The van der Waals surface area contributed by atoms with Crippen LogP contribution in [-0.2, 0) is 22.7 Å². The third kappa shape index (κ3) is 5.68. The molecule has 0 spiro atoms. The molecule has 33 heavy (non-hydrogen) atoms. The zero-order valence-electron chi connectivity index (χ0n) is 17.6. The highest BCUT2D eigenvalue weighted by Crippen LogP contribution is 2.47. The Kier molecular flexibility index (Phi) is 7.73. The maximum atomic E-state index is 14.0. The summed E-state index contributed by atoms with van der Waals surface area (Å²) < 4.78 is 89.8. The SMILES string of the molecule is OCC(CO)(OCC1CCNCC1)c1cc(C(F)(F)F)c(-c2ccccc2)c(C(F)(F)F)c1. The first-order valence-electron chi connectivity index (χ1n) is 10.5. The number of aliphatic hydroxyl groups is 2. The third-order valence-electron chi connectivity index (χ3n) is 5.90. The molecule has 1 saturated heterocycles. The van der Waals surface area contributed by atoms with E-state index < -0.39 is 53.4 Å². The largest absolute Gasteiger partial charge is 0.417 e. The van der Waals surface area contributed by atoms with Gasteiger partial charge in [-0.3, -0.25) is 0 Å². The summed E-state index contributed by atoms with van der Waals surface area (Å²) >= 11 is 0. The number of piperidine rings is 1. The maximum absolute atomic E-state index is 14.0. The quantitative estimate of drug-likeness (QED) is 0.511. The van der Waals surface area contributed by atoms with Crippen LogP contribution in [0.4, 0.5) is 26.3 Å². The summed E-state index contributed by atoms with van der Waals surface area (Å²) in [4.78, 5) is 0. The molecule has 0 amide bonds. The van der Waals surface area contributed by atoms with E-state index in [-0.39, 0.29) is 18.1 Å². The Balaban J connectivity index is 2.18. The van der Waals surface area contributed by atoms with Crippen LogP contribution in [-0.4, -0.2) is 43.1 Å². The Morgan fingerprint density at radius 2 is 1.36 bits per heavy atom. The van der Waals surface area contributed by atoms with Crippen LogP contribution in [0, 0.1) is 5.92 Å². The first-order chi connectivity index (χ1) is 15.5. The Morgan fingerprint density at radius 3 is 1.82 bits per heavy atom. The van der Waals surface area contributed by atoms with E-state index in [2.05, 4.69) is 5.32 Å². The number of aliphatic hydroxyl groups excluding tert-OH is 2. The van der Waals surface area contributed by atoms with E-state index in [9.17, 15) is 36.6 Å². The highest BCUT2D eigenvalue weighted by Gasteiger charge is 2.45. The molecule has 0 atom stereocenters. The lowest BCUT2D eigenvalue weighted by Gasteiger charge is -2.35. The summed E-state index contributed by atoms with van der Waals surface area (Å²) in [6.45, 7) is -0.615. The number of rotatable bonds is 7. The van der Waals surface area contributed by atoms with Gasteiger partial charge in [0.05, 0.1) is 30.9 Å². The van der Waals surface area contributed by atoms with Gasteiger partial charge in [-0.25, -0.2) is 0 Å². The Hall–Kier alpha value is -2.14.